The van der Waals surface area contributed by atoms with Crippen LogP contribution in [0, 0.1) is 0 Å². The quantitative estimate of drug-likeness (QED) is 0.672. The maximum Gasteiger partial charge on any atom is 0.328 e. The first-order chi connectivity index (χ1) is 6.09. The van der Waals surface area contributed by atoms with Crippen molar-refractivity contribution in [1.29, 1.82) is 0 Å². The Labute approximate surface area is 74.7 Å². The van der Waals surface area contributed by atoms with Crippen LogP contribution in [-0.2, 0) is 11.8 Å². The van der Waals surface area contributed by atoms with Crippen LogP contribution >= 0.6 is 0 Å². The zero-order chi connectivity index (χ0) is 9.84. The van der Waals surface area contributed by atoms with Crippen LogP contribution < -0.4 is 5.56 Å². The highest BCUT2D eigenvalue weighted by Crippen LogP contribution is 1.96. The van der Waals surface area contributed by atoms with E-state index in [0.29, 0.717) is 5.56 Å². The van der Waals surface area contributed by atoms with Crippen molar-refractivity contribution in [3.63, 3.8) is 0 Å². The molecule has 0 unspecified atom stereocenters. The third kappa shape index (κ3) is 2.59. The van der Waals surface area contributed by atoms with E-state index in [0.717, 1.165) is 6.08 Å². The van der Waals surface area contributed by atoms with Crippen LogP contribution in [0.2, 0.25) is 0 Å². The Kier molecular flexibility index (Phi) is 2.64. The Balaban J connectivity index is 2.98. The molecule has 0 amide bonds. The van der Waals surface area contributed by atoms with Gasteiger partial charge in [0.25, 0.3) is 5.56 Å². The van der Waals surface area contributed by atoms with Gasteiger partial charge in [-0.2, -0.15) is 0 Å². The second-order valence-corrected chi connectivity index (χ2v) is 2.58. The van der Waals surface area contributed by atoms with Crippen molar-refractivity contribution >= 4 is 12.0 Å². The number of hydrogen-bond donors (Lipinski definition) is 1. The minimum Gasteiger partial charge on any atom is -0.478 e. The summed E-state index contributed by atoms with van der Waals surface area (Å²) in [6, 6.07) is 3.04. The summed E-state index contributed by atoms with van der Waals surface area (Å²) < 4.78 is 1.41. The van der Waals surface area contributed by atoms with Gasteiger partial charge in [0, 0.05) is 25.4 Å². The lowest BCUT2D eigenvalue weighted by molar-refractivity contribution is -0.131. The summed E-state index contributed by atoms with van der Waals surface area (Å²) >= 11 is 0. The molecule has 1 N–H and O–H groups in total. The van der Waals surface area contributed by atoms with Crippen LogP contribution in [-0.4, -0.2) is 15.6 Å². The van der Waals surface area contributed by atoms with Gasteiger partial charge in [-0.15, -0.1) is 0 Å². The van der Waals surface area contributed by atoms with E-state index in [4.69, 9.17) is 5.11 Å². The topological polar surface area (TPSA) is 59.3 Å². The molecule has 68 valence electrons. The zero-order valence-electron chi connectivity index (χ0n) is 7.10. The standard InChI is InChI=1S/C9H9NO3/c1-10-5-4-7(6-8(10)11)2-3-9(12)13/h2-6H,1H3,(H,12,13). The van der Waals surface area contributed by atoms with Gasteiger partial charge in [0.05, 0.1) is 0 Å². The van der Waals surface area contributed by atoms with Gasteiger partial charge in [0.2, 0.25) is 0 Å². The molecule has 1 aromatic heterocycles. The van der Waals surface area contributed by atoms with Gasteiger partial charge in [-0.25, -0.2) is 4.79 Å². The van der Waals surface area contributed by atoms with Gasteiger partial charge in [-0.3, -0.25) is 4.79 Å². The van der Waals surface area contributed by atoms with E-state index in [2.05, 4.69) is 0 Å². The van der Waals surface area contributed by atoms with Crippen molar-refractivity contribution in [3.8, 4) is 0 Å². The predicted octanol–water partition coefficient (Wildman–Crippen LogP) is 0.483. The molecule has 0 aliphatic carbocycles. The summed E-state index contributed by atoms with van der Waals surface area (Å²) in [5.41, 5.74) is 0.429. The molecule has 0 aliphatic rings. The van der Waals surface area contributed by atoms with Crippen molar-refractivity contribution in [1.82, 2.24) is 4.57 Å². The fourth-order valence-electron chi connectivity index (χ4n) is 0.835. The number of aromatic nitrogens is 1. The molecule has 0 fully saturated rings. The lowest BCUT2D eigenvalue weighted by atomic mass is 10.2. The lowest BCUT2D eigenvalue weighted by Crippen LogP contribution is -2.14. The molecule has 1 aromatic rings. The Morgan fingerprint density at radius 3 is 2.85 bits per heavy atom. The summed E-state index contributed by atoms with van der Waals surface area (Å²) in [6.45, 7) is 0. The summed E-state index contributed by atoms with van der Waals surface area (Å²) in [4.78, 5) is 21.2. The second kappa shape index (κ2) is 3.71. The molecule has 0 radical (unpaired) electrons. The highest BCUT2D eigenvalue weighted by atomic mass is 16.4. The number of aryl methyl sites for hydroxylation is 1. The minimum atomic E-state index is -1.03. The van der Waals surface area contributed by atoms with Crippen molar-refractivity contribution in [2.45, 2.75) is 0 Å². The number of carboxylic acids is 1. The first kappa shape index (κ1) is 9.25. The Bertz CT molecular complexity index is 404. The van der Waals surface area contributed by atoms with Crippen molar-refractivity contribution in [3.05, 3.63) is 40.3 Å². The van der Waals surface area contributed by atoms with Crippen molar-refractivity contribution < 1.29 is 9.90 Å². The molecule has 0 aromatic carbocycles. The van der Waals surface area contributed by atoms with Gasteiger partial charge in [-0.05, 0) is 17.7 Å². The molecule has 0 saturated carbocycles. The van der Waals surface area contributed by atoms with Crippen LogP contribution in [0.4, 0.5) is 0 Å². The van der Waals surface area contributed by atoms with E-state index in [9.17, 15) is 9.59 Å². The lowest BCUT2D eigenvalue weighted by Gasteiger charge is -1.95. The molecule has 0 spiro atoms. The smallest absolute Gasteiger partial charge is 0.328 e. The van der Waals surface area contributed by atoms with Gasteiger partial charge in [-0.1, -0.05) is 0 Å². The predicted molar refractivity (Wildman–Crippen MR) is 48.4 cm³/mol. The Morgan fingerprint density at radius 1 is 1.62 bits per heavy atom. The van der Waals surface area contributed by atoms with Gasteiger partial charge in [0.1, 0.15) is 0 Å². The second-order valence-electron chi connectivity index (χ2n) is 2.58. The van der Waals surface area contributed by atoms with Crippen LogP contribution in [0.15, 0.2) is 29.2 Å². The van der Waals surface area contributed by atoms with E-state index in [1.54, 1.807) is 19.3 Å². The van der Waals surface area contributed by atoms with Gasteiger partial charge < -0.3 is 9.67 Å². The number of carbonyl (C=O) groups is 1. The Morgan fingerprint density at radius 2 is 2.31 bits per heavy atom. The molecule has 1 heterocycles. The molecule has 0 saturated heterocycles. The Hall–Kier alpha value is -1.84. The van der Waals surface area contributed by atoms with Crippen LogP contribution in [0.25, 0.3) is 6.08 Å². The van der Waals surface area contributed by atoms with E-state index < -0.39 is 5.97 Å². The number of nitrogens with zero attached hydrogens (tertiary/aromatic N) is 1. The highest BCUT2D eigenvalue weighted by molar-refractivity contribution is 5.85. The molecule has 1 rings (SSSR count). The average molecular weight is 179 g/mol. The monoisotopic (exact) mass is 179 g/mol. The van der Waals surface area contributed by atoms with E-state index in [-0.39, 0.29) is 5.56 Å². The molecule has 4 heteroatoms. The largest absolute Gasteiger partial charge is 0.478 e. The summed E-state index contributed by atoms with van der Waals surface area (Å²) in [7, 11) is 1.63. The molecule has 13 heavy (non-hydrogen) atoms. The maximum atomic E-state index is 11.1. The molecule has 0 aliphatic heterocycles. The number of rotatable bonds is 2. The van der Waals surface area contributed by atoms with E-state index in [1.165, 1.54) is 16.7 Å². The highest BCUT2D eigenvalue weighted by Gasteiger charge is 1.92. The summed E-state index contributed by atoms with van der Waals surface area (Å²) in [6.07, 6.45) is 3.96. The van der Waals surface area contributed by atoms with Gasteiger partial charge in [0.15, 0.2) is 0 Å². The summed E-state index contributed by atoms with van der Waals surface area (Å²) in [5, 5.41) is 8.33. The third-order valence-electron chi connectivity index (χ3n) is 1.55. The normalized spacial score (nSPS) is 10.5. The first-order valence-corrected chi connectivity index (χ1v) is 3.67. The molecule has 0 bridgehead atoms. The van der Waals surface area contributed by atoms with Crippen molar-refractivity contribution in [2.24, 2.45) is 7.05 Å². The number of pyridine rings is 1. The fourth-order valence-corrected chi connectivity index (χ4v) is 0.835. The van der Waals surface area contributed by atoms with E-state index in [1.807, 2.05) is 0 Å². The third-order valence-corrected chi connectivity index (χ3v) is 1.55. The molecular formula is C9H9NO3. The summed E-state index contributed by atoms with van der Waals surface area (Å²) in [5.74, 6) is -1.03. The minimum absolute atomic E-state index is 0.160. The number of aliphatic carboxylic acids is 1. The zero-order valence-corrected chi connectivity index (χ0v) is 7.10. The molecular weight excluding hydrogens is 170 g/mol. The number of carboxylic acid groups (broad SMARTS) is 1. The van der Waals surface area contributed by atoms with Crippen LogP contribution in [0.5, 0.6) is 0 Å². The van der Waals surface area contributed by atoms with E-state index >= 15 is 0 Å². The van der Waals surface area contributed by atoms with Crippen molar-refractivity contribution in [2.75, 3.05) is 0 Å². The SMILES string of the molecule is Cn1ccc(C=CC(=O)O)cc1=O. The fraction of sp³-hybridized carbons (Fsp3) is 0.111. The maximum absolute atomic E-state index is 11.1. The van der Waals surface area contributed by atoms with Gasteiger partial charge >= 0.3 is 5.97 Å². The van der Waals surface area contributed by atoms with Crippen LogP contribution in [0.3, 0.4) is 0 Å². The molecule has 4 nitrogen and oxygen atoms in total. The molecule has 0 atom stereocenters. The number of hydrogen-bond acceptors (Lipinski definition) is 2. The average Bonchev–Trinajstić information content (AvgIpc) is 2.07. The van der Waals surface area contributed by atoms with Crippen LogP contribution in [0.1, 0.15) is 5.56 Å². The first-order valence-electron chi connectivity index (χ1n) is 3.67.